The molecule has 1 heterocycles. The third kappa shape index (κ3) is 3.12. The van der Waals surface area contributed by atoms with E-state index in [2.05, 4.69) is 59.4 Å². The van der Waals surface area contributed by atoms with Gasteiger partial charge in [0, 0.05) is 30.5 Å². The molecule has 0 aliphatic heterocycles. The second-order valence-corrected chi connectivity index (χ2v) is 4.60. The Morgan fingerprint density at radius 3 is 2.74 bits per heavy atom. The molecule has 3 heteroatoms. The first kappa shape index (κ1) is 13.6. The standard InChI is InChI=1S/C16H21N3/c1-4-19(15-9-5-7-13(2)11-15)16-14(12-17-3)8-6-10-18-16/h5-11,17H,4,12H2,1-3H3. The molecular weight excluding hydrogens is 234 g/mol. The number of anilines is 2. The average Bonchev–Trinajstić information content (AvgIpc) is 2.42. The highest BCUT2D eigenvalue weighted by Gasteiger charge is 2.12. The summed E-state index contributed by atoms with van der Waals surface area (Å²) in [6.45, 7) is 5.99. The summed E-state index contributed by atoms with van der Waals surface area (Å²) in [6, 6.07) is 12.6. The van der Waals surface area contributed by atoms with Crippen molar-refractivity contribution >= 4 is 11.5 Å². The first-order valence-electron chi connectivity index (χ1n) is 6.69. The van der Waals surface area contributed by atoms with Gasteiger partial charge in [-0.2, -0.15) is 0 Å². The molecule has 0 bridgehead atoms. The minimum atomic E-state index is 0.825. The number of hydrogen-bond acceptors (Lipinski definition) is 3. The van der Waals surface area contributed by atoms with Crippen LogP contribution in [-0.4, -0.2) is 18.6 Å². The van der Waals surface area contributed by atoms with E-state index in [-0.39, 0.29) is 0 Å². The molecule has 2 rings (SSSR count). The van der Waals surface area contributed by atoms with Crippen LogP contribution in [0.15, 0.2) is 42.6 Å². The SMILES string of the molecule is CCN(c1cccc(C)c1)c1ncccc1CNC. The van der Waals surface area contributed by atoms with Crippen LogP contribution in [0.4, 0.5) is 11.5 Å². The number of aromatic nitrogens is 1. The molecule has 0 spiro atoms. The van der Waals surface area contributed by atoms with E-state index < -0.39 is 0 Å². The van der Waals surface area contributed by atoms with Crippen LogP contribution < -0.4 is 10.2 Å². The van der Waals surface area contributed by atoms with Crippen LogP contribution in [0.3, 0.4) is 0 Å². The lowest BCUT2D eigenvalue weighted by Gasteiger charge is -2.24. The summed E-state index contributed by atoms with van der Waals surface area (Å²) in [5.74, 6) is 1.03. The maximum absolute atomic E-state index is 4.56. The molecule has 2 aromatic rings. The average molecular weight is 255 g/mol. The van der Waals surface area contributed by atoms with Crippen molar-refractivity contribution < 1.29 is 0 Å². The molecule has 1 N–H and O–H groups in total. The van der Waals surface area contributed by atoms with Gasteiger partial charge in [0.1, 0.15) is 5.82 Å². The zero-order valence-corrected chi connectivity index (χ0v) is 11.9. The number of aryl methyl sites for hydroxylation is 1. The van der Waals surface area contributed by atoms with Crippen LogP contribution >= 0.6 is 0 Å². The molecule has 0 aliphatic carbocycles. The first-order chi connectivity index (χ1) is 9.26. The number of rotatable bonds is 5. The molecule has 0 amide bonds. The van der Waals surface area contributed by atoms with E-state index in [9.17, 15) is 0 Å². The monoisotopic (exact) mass is 255 g/mol. The Morgan fingerprint density at radius 1 is 1.21 bits per heavy atom. The predicted octanol–water partition coefficient (Wildman–Crippen LogP) is 3.27. The van der Waals surface area contributed by atoms with Crippen LogP contribution in [0.1, 0.15) is 18.1 Å². The third-order valence-electron chi connectivity index (χ3n) is 3.12. The van der Waals surface area contributed by atoms with Gasteiger partial charge in [0.2, 0.25) is 0 Å². The molecule has 0 fully saturated rings. The molecule has 0 unspecified atom stereocenters. The Bertz CT molecular complexity index is 537. The van der Waals surface area contributed by atoms with Gasteiger partial charge in [-0.3, -0.25) is 0 Å². The number of benzene rings is 1. The largest absolute Gasteiger partial charge is 0.326 e. The van der Waals surface area contributed by atoms with Crippen LogP contribution in [0, 0.1) is 6.92 Å². The highest BCUT2D eigenvalue weighted by atomic mass is 15.2. The third-order valence-corrected chi connectivity index (χ3v) is 3.12. The summed E-state index contributed by atoms with van der Waals surface area (Å²) < 4.78 is 0. The van der Waals surface area contributed by atoms with Crippen molar-refractivity contribution in [1.82, 2.24) is 10.3 Å². The Kier molecular flexibility index (Phi) is 4.53. The topological polar surface area (TPSA) is 28.2 Å². The lowest BCUT2D eigenvalue weighted by molar-refractivity contribution is 0.806. The van der Waals surface area contributed by atoms with E-state index >= 15 is 0 Å². The van der Waals surface area contributed by atoms with E-state index in [1.807, 2.05) is 19.3 Å². The summed E-state index contributed by atoms with van der Waals surface area (Å²) in [5, 5.41) is 3.20. The first-order valence-corrected chi connectivity index (χ1v) is 6.69. The zero-order chi connectivity index (χ0) is 13.7. The van der Waals surface area contributed by atoms with E-state index in [4.69, 9.17) is 0 Å². The fourth-order valence-corrected chi connectivity index (χ4v) is 2.25. The Hall–Kier alpha value is -1.87. The number of nitrogens with one attached hydrogen (secondary N) is 1. The fourth-order valence-electron chi connectivity index (χ4n) is 2.25. The van der Waals surface area contributed by atoms with Crippen molar-refractivity contribution in [3.63, 3.8) is 0 Å². The molecule has 100 valence electrons. The van der Waals surface area contributed by atoms with Gasteiger partial charge < -0.3 is 10.2 Å². The molecule has 0 radical (unpaired) electrons. The highest BCUT2D eigenvalue weighted by Crippen LogP contribution is 2.26. The summed E-state index contributed by atoms with van der Waals surface area (Å²) in [7, 11) is 1.96. The summed E-state index contributed by atoms with van der Waals surface area (Å²) in [4.78, 5) is 6.81. The van der Waals surface area contributed by atoms with Crippen LogP contribution in [0.2, 0.25) is 0 Å². The maximum atomic E-state index is 4.56. The van der Waals surface area contributed by atoms with Crippen molar-refractivity contribution in [2.75, 3.05) is 18.5 Å². The molecule has 0 aliphatic rings. The highest BCUT2D eigenvalue weighted by molar-refractivity contribution is 5.63. The lowest BCUT2D eigenvalue weighted by atomic mass is 10.2. The van der Waals surface area contributed by atoms with Crippen molar-refractivity contribution in [2.45, 2.75) is 20.4 Å². The van der Waals surface area contributed by atoms with Gasteiger partial charge in [-0.1, -0.05) is 18.2 Å². The summed E-state index contributed by atoms with van der Waals surface area (Å²) >= 11 is 0. The minimum Gasteiger partial charge on any atom is -0.326 e. The van der Waals surface area contributed by atoms with Gasteiger partial charge in [-0.15, -0.1) is 0 Å². The lowest BCUT2D eigenvalue weighted by Crippen LogP contribution is -2.20. The number of hydrogen-bond donors (Lipinski definition) is 1. The van der Waals surface area contributed by atoms with Gasteiger partial charge in [0.15, 0.2) is 0 Å². The molecular formula is C16H21N3. The van der Waals surface area contributed by atoms with Gasteiger partial charge in [-0.05, 0) is 44.7 Å². The number of nitrogens with zero attached hydrogens (tertiary/aromatic N) is 2. The van der Waals surface area contributed by atoms with Gasteiger partial charge in [0.05, 0.1) is 0 Å². The Balaban J connectivity index is 2.42. The molecule has 3 nitrogen and oxygen atoms in total. The molecule has 1 aromatic carbocycles. The maximum Gasteiger partial charge on any atom is 0.137 e. The predicted molar refractivity (Wildman–Crippen MR) is 80.9 cm³/mol. The van der Waals surface area contributed by atoms with E-state index in [1.54, 1.807) is 0 Å². The second-order valence-electron chi connectivity index (χ2n) is 4.60. The molecule has 0 atom stereocenters. The van der Waals surface area contributed by atoms with Crippen molar-refractivity contribution in [3.8, 4) is 0 Å². The van der Waals surface area contributed by atoms with E-state index in [0.29, 0.717) is 0 Å². The zero-order valence-electron chi connectivity index (χ0n) is 11.9. The summed E-state index contributed by atoms with van der Waals surface area (Å²) in [5.41, 5.74) is 3.67. The molecule has 19 heavy (non-hydrogen) atoms. The smallest absolute Gasteiger partial charge is 0.137 e. The van der Waals surface area contributed by atoms with Gasteiger partial charge >= 0.3 is 0 Å². The fraction of sp³-hybridized carbons (Fsp3) is 0.312. The van der Waals surface area contributed by atoms with Crippen molar-refractivity contribution in [1.29, 1.82) is 0 Å². The van der Waals surface area contributed by atoms with Crippen molar-refractivity contribution in [2.24, 2.45) is 0 Å². The second kappa shape index (κ2) is 6.34. The van der Waals surface area contributed by atoms with Crippen LogP contribution in [0.5, 0.6) is 0 Å². The number of pyridine rings is 1. The van der Waals surface area contributed by atoms with Crippen molar-refractivity contribution in [3.05, 3.63) is 53.7 Å². The molecule has 0 saturated carbocycles. The Morgan fingerprint density at radius 2 is 2.05 bits per heavy atom. The quantitative estimate of drug-likeness (QED) is 0.888. The summed E-state index contributed by atoms with van der Waals surface area (Å²) in [6.07, 6.45) is 1.85. The molecule has 0 saturated heterocycles. The normalized spacial score (nSPS) is 10.5. The minimum absolute atomic E-state index is 0.825. The Labute approximate surface area is 115 Å². The van der Waals surface area contributed by atoms with Crippen LogP contribution in [-0.2, 0) is 6.54 Å². The van der Waals surface area contributed by atoms with E-state index in [1.165, 1.54) is 16.8 Å². The van der Waals surface area contributed by atoms with E-state index in [0.717, 1.165) is 18.9 Å². The molecule has 1 aromatic heterocycles. The van der Waals surface area contributed by atoms with Gasteiger partial charge in [-0.25, -0.2) is 4.98 Å². The van der Waals surface area contributed by atoms with Gasteiger partial charge in [0.25, 0.3) is 0 Å². The van der Waals surface area contributed by atoms with Crippen LogP contribution in [0.25, 0.3) is 0 Å².